The molecule has 2 saturated heterocycles. The zero-order chi connectivity index (χ0) is 11.2. The van der Waals surface area contributed by atoms with Crippen LogP contribution in [0.25, 0.3) is 0 Å². The van der Waals surface area contributed by atoms with Crippen LogP contribution in [0.5, 0.6) is 0 Å². The van der Waals surface area contributed by atoms with Crippen molar-refractivity contribution in [2.75, 3.05) is 0 Å². The molecule has 2 aliphatic heterocycles. The van der Waals surface area contributed by atoms with Gasteiger partial charge in [-0.3, -0.25) is 0 Å². The molecule has 0 radical (unpaired) electrons. The highest BCUT2D eigenvalue weighted by atomic mass is 16.5. The predicted octanol–water partition coefficient (Wildman–Crippen LogP) is 2.14. The van der Waals surface area contributed by atoms with Crippen LogP contribution in [-0.2, 0) is 4.74 Å². The Hall–Kier alpha value is -0.590. The molecule has 3 rings (SSSR count). The predicted molar refractivity (Wildman–Crippen MR) is 58.6 cm³/mol. The maximum Gasteiger partial charge on any atom is 0.114 e. The smallest absolute Gasteiger partial charge is 0.114 e. The van der Waals surface area contributed by atoms with E-state index >= 15 is 0 Å². The van der Waals surface area contributed by atoms with Crippen LogP contribution < -0.4 is 0 Å². The van der Waals surface area contributed by atoms with Gasteiger partial charge in [0, 0.05) is 0 Å². The number of hydrogen-bond donors (Lipinski definition) is 1. The van der Waals surface area contributed by atoms with Gasteiger partial charge in [0.15, 0.2) is 0 Å². The summed E-state index contributed by atoms with van der Waals surface area (Å²) in [5, 5.41) is 20.4. The van der Waals surface area contributed by atoms with Gasteiger partial charge in [-0.25, -0.2) is 0 Å². The molecule has 2 heterocycles. The fraction of sp³-hybridized carbons (Fsp3) is 0.923. The van der Waals surface area contributed by atoms with Gasteiger partial charge in [0.2, 0.25) is 0 Å². The number of fused-ring (bicyclic) bond motifs is 2. The second kappa shape index (κ2) is 3.45. The first-order valence-electron chi connectivity index (χ1n) is 6.49. The lowest BCUT2D eigenvalue weighted by atomic mass is 9.59. The van der Waals surface area contributed by atoms with Gasteiger partial charge in [0.1, 0.15) is 5.41 Å². The zero-order valence-electron chi connectivity index (χ0n) is 9.61. The van der Waals surface area contributed by atoms with E-state index in [0.29, 0.717) is 0 Å². The van der Waals surface area contributed by atoms with Crippen LogP contribution in [0.3, 0.4) is 0 Å². The molecule has 16 heavy (non-hydrogen) atoms. The Kier molecular flexibility index (Phi) is 2.28. The monoisotopic (exact) mass is 221 g/mol. The number of nitrogens with zero attached hydrogens (tertiary/aromatic N) is 1. The van der Waals surface area contributed by atoms with Crippen molar-refractivity contribution in [1.29, 1.82) is 5.26 Å². The second-order valence-electron chi connectivity index (χ2n) is 5.70. The van der Waals surface area contributed by atoms with E-state index in [1.165, 1.54) is 6.42 Å². The maximum absolute atomic E-state index is 10.8. The normalized spacial score (nSPS) is 45.5. The fourth-order valence-corrected chi connectivity index (χ4v) is 4.00. The Labute approximate surface area is 96.4 Å². The molecule has 0 aromatic heterocycles. The van der Waals surface area contributed by atoms with Crippen molar-refractivity contribution in [2.24, 2.45) is 5.41 Å². The van der Waals surface area contributed by atoms with Crippen molar-refractivity contribution in [3.8, 4) is 6.07 Å². The minimum atomic E-state index is -0.778. The molecule has 0 spiro atoms. The van der Waals surface area contributed by atoms with Crippen LogP contribution in [0.15, 0.2) is 0 Å². The first kappa shape index (κ1) is 10.6. The Balaban J connectivity index is 1.93. The molecule has 3 unspecified atom stereocenters. The van der Waals surface area contributed by atoms with Crippen molar-refractivity contribution in [3.63, 3.8) is 0 Å². The van der Waals surface area contributed by atoms with Crippen LogP contribution in [-0.4, -0.2) is 22.9 Å². The number of aliphatic hydroxyl groups is 1. The molecule has 0 aromatic rings. The topological polar surface area (TPSA) is 53.2 Å². The van der Waals surface area contributed by atoms with E-state index in [1.807, 2.05) is 0 Å². The van der Waals surface area contributed by atoms with E-state index in [9.17, 15) is 10.4 Å². The van der Waals surface area contributed by atoms with Gasteiger partial charge in [0.05, 0.1) is 23.9 Å². The second-order valence-corrected chi connectivity index (χ2v) is 5.70. The standard InChI is InChI=1S/C13H19NO2/c14-9-12(8-10-4-5-11(12)16-10)13(15)6-2-1-3-7-13/h10-11,15H,1-8H2. The van der Waals surface area contributed by atoms with Gasteiger partial charge >= 0.3 is 0 Å². The van der Waals surface area contributed by atoms with Gasteiger partial charge in [-0.15, -0.1) is 0 Å². The van der Waals surface area contributed by atoms with E-state index in [4.69, 9.17) is 4.74 Å². The van der Waals surface area contributed by atoms with Crippen molar-refractivity contribution in [1.82, 2.24) is 0 Å². The summed E-state index contributed by atoms with van der Waals surface area (Å²) in [7, 11) is 0. The third-order valence-electron chi connectivity index (χ3n) is 4.92. The van der Waals surface area contributed by atoms with E-state index < -0.39 is 11.0 Å². The van der Waals surface area contributed by atoms with Gasteiger partial charge in [0.25, 0.3) is 0 Å². The molecule has 1 saturated carbocycles. The van der Waals surface area contributed by atoms with E-state index in [0.717, 1.165) is 44.9 Å². The molecule has 88 valence electrons. The Morgan fingerprint density at radius 3 is 2.44 bits per heavy atom. The van der Waals surface area contributed by atoms with Crippen LogP contribution in [0, 0.1) is 16.7 Å². The van der Waals surface area contributed by atoms with Gasteiger partial charge in [-0.1, -0.05) is 19.3 Å². The summed E-state index contributed by atoms with van der Waals surface area (Å²) in [6.07, 6.45) is 7.88. The molecular weight excluding hydrogens is 202 g/mol. The quantitative estimate of drug-likeness (QED) is 0.738. The third kappa shape index (κ3) is 1.20. The molecular formula is C13H19NO2. The zero-order valence-corrected chi connectivity index (χ0v) is 9.61. The average Bonchev–Trinajstić information content (AvgIpc) is 2.90. The molecule has 0 amide bonds. The Bertz CT molecular complexity index is 329. The van der Waals surface area contributed by atoms with Crippen molar-refractivity contribution in [2.45, 2.75) is 69.2 Å². The molecule has 3 fully saturated rings. The fourth-order valence-electron chi connectivity index (χ4n) is 4.00. The highest BCUT2D eigenvalue weighted by Gasteiger charge is 2.63. The van der Waals surface area contributed by atoms with Gasteiger partial charge in [-0.2, -0.15) is 5.26 Å². The van der Waals surface area contributed by atoms with Crippen molar-refractivity contribution >= 4 is 0 Å². The molecule has 3 atom stereocenters. The molecule has 3 heteroatoms. The first-order chi connectivity index (χ1) is 7.70. The molecule has 2 bridgehead atoms. The van der Waals surface area contributed by atoms with E-state index in [1.54, 1.807) is 0 Å². The number of ether oxygens (including phenoxy) is 1. The van der Waals surface area contributed by atoms with Crippen LogP contribution >= 0.6 is 0 Å². The molecule has 1 N–H and O–H groups in total. The molecule has 0 aromatic carbocycles. The SMILES string of the molecule is N#CC1(C2(O)CCCCC2)CC2CCC1O2. The number of nitriles is 1. The van der Waals surface area contributed by atoms with E-state index in [-0.39, 0.29) is 12.2 Å². The Morgan fingerprint density at radius 2 is 1.94 bits per heavy atom. The summed E-state index contributed by atoms with van der Waals surface area (Å²) in [5.41, 5.74) is -1.38. The minimum absolute atomic E-state index is 0.00870. The highest BCUT2D eigenvalue weighted by Crippen LogP contribution is 2.56. The van der Waals surface area contributed by atoms with Crippen LogP contribution in [0.2, 0.25) is 0 Å². The highest BCUT2D eigenvalue weighted by molar-refractivity contribution is 5.21. The molecule has 1 aliphatic carbocycles. The first-order valence-corrected chi connectivity index (χ1v) is 6.49. The summed E-state index contributed by atoms with van der Waals surface area (Å²) in [4.78, 5) is 0. The molecule has 3 aliphatic rings. The van der Waals surface area contributed by atoms with E-state index in [2.05, 4.69) is 6.07 Å². The van der Waals surface area contributed by atoms with Gasteiger partial charge in [-0.05, 0) is 32.1 Å². The third-order valence-corrected chi connectivity index (χ3v) is 4.92. The lowest BCUT2D eigenvalue weighted by Crippen LogP contribution is -2.54. The lowest BCUT2D eigenvalue weighted by molar-refractivity contribution is -0.107. The van der Waals surface area contributed by atoms with Crippen molar-refractivity contribution in [3.05, 3.63) is 0 Å². The lowest BCUT2D eigenvalue weighted by Gasteiger charge is -2.46. The summed E-state index contributed by atoms with van der Waals surface area (Å²) in [6, 6.07) is 2.44. The average molecular weight is 221 g/mol. The molecule has 3 nitrogen and oxygen atoms in total. The van der Waals surface area contributed by atoms with Crippen LogP contribution in [0.4, 0.5) is 0 Å². The van der Waals surface area contributed by atoms with Crippen molar-refractivity contribution < 1.29 is 9.84 Å². The minimum Gasteiger partial charge on any atom is -0.388 e. The maximum atomic E-state index is 10.8. The summed E-state index contributed by atoms with van der Waals surface area (Å²) in [6.45, 7) is 0. The summed E-state index contributed by atoms with van der Waals surface area (Å²) in [5.74, 6) is 0. The van der Waals surface area contributed by atoms with Gasteiger partial charge < -0.3 is 9.84 Å². The van der Waals surface area contributed by atoms with Crippen LogP contribution in [0.1, 0.15) is 51.4 Å². The summed E-state index contributed by atoms with van der Waals surface area (Å²) >= 11 is 0. The number of hydrogen-bond acceptors (Lipinski definition) is 3. The summed E-state index contributed by atoms with van der Waals surface area (Å²) < 4.78 is 5.82. The Morgan fingerprint density at radius 1 is 1.19 bits per heavy atom. The number of rotatable bonds is 1. The largest absolute Gasteiger partial charge is 0.388 e.